The maximum atomic E-state index is 12.0. The number of hydrogen-bond donors (Lipinski definition) is 3. The summed E-state index contributed by atoms with van der Waals surface area (Å²) in [5, 5.41) is 1.02. The molecule has 1 amide bonds. The molecule has 5 N–H and O–H groups in total. The van der Waals surface area contributed by atoms with E-state index in [1.54, 1.807) is 0 Å². The van der Waals surface area contributed by atoms with Gasteiger partial charge in [0.25, 0.3) is 5.91 Å². The Balaban J connectivity index is 2.50. The number of amides is 1. The van der Waals surface area contributed by atoms with Crippen LogP contribution in [0.1, 0.15) is 15.9 Å². The Morgan fingerprint density at radius 3 is 2.65 bits per heavy atom. The van der Waals surface area contributed by atoms with Gasteiger partial charge in [-0.3, -0.25) is 15.1 Å². The van der Waals surface area contributed by atoms with E-state index in [0.29, 0.717) is 11.3 Å². The molecule has 1 heterocycles. The number of nitrogens with two attached hydrogens (primary N) is 2. The average Bonchev–Trinajstić information content (AvgIpc) is 2.60. The second kappa shape index (κ2) is 4.94. The van der Waals surface area contributed by atoms with Gasteiger partial charge in [0.15, 0.2) is 5.96 Å². The largest absolute Gasteiger partial charge is 0.370 e. The smallest absolute Gasteiger partial charge is 0.280 e. The summed E-state index contributed by atoms with van der Waals surface area (Å²) in [6, 6.07) is 4.13. The van der Waals surface area contributed by atoms with Gasteiger partial charge in [0.2, 0.25) is 9.84 Å². The average molecular weight is 296 g/mol. The summed E-state index contributed by atoms with van der Waals surface area (Å²) in [5.41, 5.74) is 13.5. The van der Waals surface area contributed by atoms with Crippen molar-refractivity contribution >= 4 is 27.4 Å². The van der Waals surface area contributed by atoms with E-state index in [0.717, 1.165) is 5.41 Å². The highest BCUT2D eigenvalue weighted by molar-refractivity contribution is 7.95. The van der Waals surface area contributed by atoms with Crippen LogP contribution in [-0.2, 0) is 14.7 Å². The summed E-state index contributed by atoms with van der Waals surface area (Å²) in [5.74, 6) is -1.10. The van der Waals surface area contributed by atoms with Crippen LogP contribution in [0.4, 0.5) is 0 Å². The molecule has 0 aliphatic carbocycles. The molecule has 1 aromatic rings. The molecule has 0 radical (unpaired) electrons. The molecule has 0 fully saturated rings. The molecular formula is C11H12N4O4S. The Bertz CT molecular complexity index is 733. The third-order valence-corrected chi connectivity index (χ3v) is 4.04. The third-order valence-electron chi connectivity index (χ3n) is 2.54. The van der Waals surface area contributed by atoms with Crippen LogP contribution in [0.25, 0.3) is 5.70 Å². The van der Waals surface area contributed by atoms with Crippen LogP contribution in [0.2, 0.25) is 0 Å². The molecule has 20 heavy (non-hydrogen) atoms. The number of hydroxylamine groups is 1. The highest BCUT2D eigenvalue weighted by Crippen LogP contribution is 2.32. The highest BCUT2D eigenvalue weighted by atomic mass is 32.2. The Morgan fingerprint density at radius 2 is 2.05 bits per heavy atom. The van der Waals surface area contributed by atoms with Crippen LogP contribution in [0.5, 0.6) is 0 Å². The normalized spacial score (nSPS) is 15.2. The molecule has 9 heteroatoms. The van der Waals surface area contributed by atoms with Crippen molar-refractivity contribution in [3.63, 3.8) is 0 Å². The number of nitrogens with zero attached hydrogens (tertiary/aromatic N) is 1. The van der Waals surface area contributed by atoms with Crippen molar-refractivity contribution in [2.75, 3.05) is 7.11 Å². The second-order valence-corrected chi connectivity index (χ2v) is 5.70. The fraction of sp³-hybridized carbons (Fsp3) is 0.0909. The summed E-state index contributed by atoms with van der Waals surface area (Å²) in [7, 11) is -2.27. The summed E-state index contributed by atoms with van der Waals surface area (Å²) in [6.07, 6.45) is 0. The number of carbonyl (C=O) groups is 1. The van der Waals surface area contributed by atoms with E-state index in [9.17, 15) is 13.2 Å². The lowest BCUT2D eigenvalue weighted by Crippen LogP contribution is -2.24. The van der Waals surface area contributed by atoms with Gasteiger partial charge in [0.1, 0.15) is 0 Å². The number of nitrogens with one attached hydrogen (secondary N) is 1. The topological polar surface area (TPSA) is 137 Å². The van der Waals surface area contributed by atoms with Gasteiger partial charge in [-0.2, -0.15) is 4.99 Å². The van der Waals surface area contributed by atoms with Crippen molar-refractivity contribution in [2.45, 2.75) is 4.90 Å². The minimum atomic E-state index is -3.63. The van der Waals surface area contributed by atoms with Crippen molar-refractivity contribution in [3.05, 3.63) is 34.7 Å². The molecule has 106 valence electrons. The minimum absolute atomic E-state index is 0.00584. The fourth-order valence-corrected chi connectivity index (χ4v) is 3.15. The Kier molecular flexibility index (Phi) is 3.47. The number of rotatable bonds is 3. The van der Waals surface area contributed by atoms with Gasteiger partial charge in [-0.1, -0.05) is 6.07 Å². The molecule has 2 rings (SSSR count). The molecule has 8 nitrogen and oxygen atoms in total. The molecule has 1 aliphatic rings. The molecule has 0 unspecified atom stereocenters. The maximum Gasteiger partial charge on any atom is 0.280 e. The molecule has 0 saturated heterocycles. The van der Waals surface area contributed by atoms with Crippen LogP contribution >= 0.6 is 0 Å². The molecule has 0 spiro atoms. The van der Waals surface area contributed by atoms with Crippen LogP contribution < -0.4 is 16.9 Å². The molecule has 0 aromatic heterocycles. The SMILES string of the molecule is CONC1=CS(=O)(=O)c2cc(C(=O)N=C(N)N)ccc21. The van der Waals surface area contributed by atoms with Crippen molar-refractivity contribution in [1.29, 1.82) is 0 Å². The van der Waals surface area contributed by atoms with E-state index in [-0.39, 0.29) is 10.5 Å². The van der Waals surface area contributed by atoms with E-state index in [4.69, 9.17) is 16.3 Å². The molecule has 1 aromatic carbocycles. The van der Waals surface area contributed by atoms with Crippen molar-refractivity contribution < 1.29 is 18.0 Å². The first kappa shape index (κ1) is 14.0. The molecule has 0 saturated carbocycles. The van der Waals surface area contributed by atoms with Crippen LogP contribution in [0, 0.1) is 0 Å². The molecule has 0 atom stereocenters. The lowest BCUT2D eigenvalue weighted by molar-refractivity contribution is 0.100. The van der Waals surface area contributed by atoms with Crippen LogP contribution in [0.15, 0.2) is 33.5 Å². The Labute approximate surface area is 115 Å². The number of benzene rings is 1. The first-order valence-corrected chi connectivity index (χ1v) is 6.94. The van der Waals surface area contributed by atoms with E-state index in [1.165, 1.54) is 25.3 Å². The monoisotopic (exact) mass is 296 g/mol. The summed E-state index contributed by atoms with van der Waals surface area (Å²) in [6.45, 7) is 0. The first-order valence-electron chi connectivity index (χ1n) is 5.39. The zero-order valence-corrected chi connectivity index (χ0v) is 11.3. The van der Waals surface area contributed by atoms with E-state index >= 15 is 0 Å². The number of carbonyl (C=O) groups excluding carboxylic acids is 1. The van der Waals surface area contributed by atoms with Crippen molar-refractivity contribution in [2.24, 2.45) is 16.5 Å². The van der Waals surface area contributed by atoms with Gasteiger partial charge in [-0.05, 0) is 12.1 Å². The van der Waals surface area contributed by atoms with Gasteiger partial charge < -0.3 is 11.5 Å². The van der Waals surface area contributed by atoms with Crippen LogP contribution in [0.3, 0.4) is 0 Å². The van der Waals surface area contributed by atoms with Gasteiger partial charge in [0.05, 0.1) is 23.1 Å². The zero-order chi connectivity index (χ0) is 14.9. The number of sulfone groups is 1. The van der Waals surface area contributed by atoms with E-state index in [2.05, 4.69) is 10.5 Å². The summed E-state index contributed by atoms with van der Waals surface area (Å²) >= 11 is 0. The zero-order valence-electron chi connectivity index (χ0n) is 10.5. The van der Waals surface area contributed by atoms with Crippen molar-refractivity contribution in [1.82, 2.24) is 5.48 Å². The predicted molar refractivity (Wildman–Crippen MR) is 71.9 cm³/mol. The number of fused-ring (bicyclic) bond motifs is 1. The van der Waals surface area contributed by atoms with E-state index < -0.39 is 21.7 Å². The second-order valence-electron chi connectivity index (χ2n) is 3.94. The first-order chi connectivity index (χ1) is 9.35. The standard InChI is InChI=1S/C11H12N4O4S/c1-19-15-8-5-20(17,18)9-4-6(2-3-7(8)9)10(16)14-11(12)13/h2-5,15H,1H3,(H4,12,13,14,16). The summed E-state index contributed by atoms with van der Waals surface area (Å²) < 4.78 is 23.9. The lowest BCUT2D eigenvalue weighted by atomic mass is 10.1. The van der Waals surface area contributed by atoms with Crippen LogP contribution in [-0.4, -0.2) is 27.4 Å². The van der Waals surface area contributed by atoms with Crippen molar-refractivity contribution in [3.8, 4) is 0 Å². The quantitative estimate of drug-likeness (QED) is 0.382. The van der Waals surface area contributed by atoms with Gasteiger partial charge in [-0.15, -0.1) is 0 Å². The third kappa shape index (κ3) is 2.49. The Morgan fingerprint density at radius 1 is 1.35 bits per heavy atom. The number of guanidine groups is 1. The van der Waals surface area contributed by atoms with Gasteiger partial charge in [0, 0.05) is 11.1 Å². The van der Waals surface area contributed by atoms with E-state index in [1.807, 2.05) is 0 Å². The molecule has 0 bridgehead atoms. The molecular weight excluding hydrogens is 284 g/mol. The van der Waals surface area contributed by atoms with Gasteiger partial charge >= 0.3 is 0 Å². The highest BCUT2D eigenvalue weighted by Gasteiger charge is 2.28. The number of aliphatic imine (C=N–C) groups is 1. The van der Waals surface area contributed by atoms with Gasteiger partial charge in [-0.25, -0.2) is 8.42 Å². The fourth-order valence-electron chi connectivity index (χ4n) is 1.77. The lowest BCUT2D eigenvalue weighted by Gasteiger charge is -2.06. The minimum Gasteiger partial charge on any atom is -0.370 e. The predicted octanol–water partition coefficient (Wildman–Crippen LogP) is -0.663. The summed E-state index contributed by atoms with van der Waals surface area (Å²) in [4.78, 5) is 19.7. The number of hydrogen-bond acceptors (Lipinski definition) is 5. The maximum absolute atomic E-state index is 12.0. The Hall–Kier alpha value is -2.39. The molecule has 1 aliphatic heterocycles.